The topological polar surface area (TPSA) is 12.9 Å². The van der Waals surface area contributed by atoms with Crippen LogP contribution in [-0.4, -0.2) is 4.98 Å². The van der Waals surface area contributed by atoms with Gasteiger partial charge in [-0.2, -0.15) is 0 Å². The van der Waals surface area contributed by atoms with Crippen molar-refractivity contribution in [3.63, 3.8) is 0 Å². The summed E-state index contributed by atoms with van der Waals surface area (Å²) in [4.78, 5) is 4.47. The summed E-state index contributed by atoms with van der Waals surface area (Å²) in [5.41, 5.74) is 2.83. The fourth-order valence-corrected chi connectivity index (χ4v) is 2.83. The van der Waals surface area contributed by atoms with Crippen molar-refractivity contribution in [2.45, 2.75) is 44.9 Å². The number of halogens is 1. The molecule has 1 saturated carbocycles. The Bertz CT molecular complexity index is 348. The van der Waals surface area contributed by atoms with Gasteiger partial charge in [0.05, 0.1) is 5.69 Å². The SMILES string of the molecule is CC(C)(C)c1ccnc(C2CC2)c1Br. The van der Waals surface area contributed by atoms with E-state index in [1.807, 2.05) is 6.20 Å². The molecule has 1 aliphatic carbocycles. The predicted molar refractivity (Wildman–Crippen MR) is 62.6 cm³/mol. The third kappa shape index (κ3) is 1.85. The quantitative estimate of drug-likeness (QED) is 0.737. The van der Waals surface area contributed by atoms with E-state index in [1.165, 1.54) is 28.6 Å². The van der Waals surface area contributed by atoms with Gasteiger partial charge in [0.1, 0.15) is 0 Å². The van der Waals surface area contributed by atoms with Crippen LogP contribution in [0.2, 0.25) is 0 Å². The Balaban J connectivity index is 2.46. The lowest BCUT2D eigenvalue weighted by atomic mass is 9.87. The van der Waals surface area contributed by atoms with Crippen LogP contribution in [0.1, 0.15) is 50.8 Å². The van der Waals surface area contributed by atoms with E-state index in [0.29, 0.717) is 5.92 Å². The molecule has 1 aromatic heterocycles. The monoisotopic (exact) mass is 253 g/mol. The summed E-state index contributed by atoms with van der Waals surface area (Å²) in [5.74, 6) is 0.715. The molecule has 0 N–H and O–H groups in total. The lowest BCUT2D eigenvalue weighted by Gasteiger charge is -2.21. The molecular formula is C12H16BrN. The molecule has 0 aliphatic heterocycles. The Morgan fingerprint density at radius 3 is 2.50 bits per heavy atom. The van der Waals surface area contributed by atoms with Gasteiger partial charge in [-0.05, 0) is 45.8 Å². The summed E-state index contributed by atoms with van der Waals surface area (Å²) in [7, 11) is 0. The summed E-state index contributed by atoms with van der Waals surface area (Å²) in [6, 6.07) is 2.12. The number of hydrogen-bond acceptors (Lipinski definition) is 1. The highest BCUT2D eigenvalue weighted by atomic mass is 79.9. The molecule has 0 amide bonds. The minimum absolute atomic E-state index is 0.200. The van der Waals surface area contributed by atoms with Gasteiger partial charge >= 0.3 is 0 Å². The standard InChI is InChI=1S/C12H16BrN/c1-12(2,3)9-6-7-14-11(10(9)13)8-4-5-8/h6-8H,4-5H2,1-3H3. The molecule has 0 aromatic carbocycles. The first-order chi connectivity index (χ1) is 6.50. The van der Waals surface area contributed by atoms with Crippen molar-refractivity contribution in [2.24, 2.45) is 0 Å². The number of nitrogens with zero attached hydrogens (tertiary/aromatic N) is 1. The average Bonchev–Trinajstić information content (AvgIpc) is 2.85. The summed E-state index contributed by atoms with van der Waals surface area (Å²) in [6.45, 7) is 6.72. The van der Waals surface area contributed by atoms with Crippen LogP contribution >= 0.6 is 15.9 Å². The van der Waals surface area contributed by atoms with E-state index in [2.05, 4.69) is 47.8 Å². The van der Waals surface area contributed by atoms with E-state index in [0.717, 1.165) is 0 Å². The number of pyridine rings is 1. The Labute approximate surface area is 94.1 Å². The van der Waals surface area contributed by atoms with Crippen molar-refractivity contribution in [2.75, 3.05) is 0 Å². The zero-order valence-electron chi connectivity index (χ0n) is 8.97. The van der Waals surface area contributed by atoms with Gasteiger partial charge in [0, 0.05) is 16.6 Å². The molecule has 1 aliphatic rings. The Kier molecular flexibility index (Phi) is 2.42. The van der Waals surface area contributed by atoms with Crippen LogP contribution in [0.4, 0.5) is 0 Å². The van der Waals surface area contributed by atoms with Gasteiger partial charge in [-0.25, -0.2) is 0 Å². The van der Waals surface area contributed by atoms with Crippen molar-refractivity contribution in [3.05, 3.63) is 28.0 Å². The second-order valence-electron chi connectivity index (χ2n) is 5.08. The minimum atomic E-state index is 0.200. The lowest BCUT2D eigenvalue weighted by Crippen LogP contribution is -2.13. The van der Waals surface area contributed by atoms with Gasteiger partial charge in [0.15, 0.2) is 0 Å². The van der Waals surface area contributed by atoms with Crippen molar-refractivity contribution >= 4 is 15.9 Å². The maximum absolute atomic E-state index is 4.47. The third-order valence-corrected chi connectivity index (χ3v) is 3.52. The normalized spacial score (nSPS) is 17.1. The van der Waals surface area contributed by atoms with Crippen LogP contribution in [0.5, 0.6) is 0 Å². The largest absolute Gasteiger partial charge is 0.260 e. The van der Waals surface area contributed by atoms with E-state index >= 15 is 0 Å². The van der Waals surface area contributed by atoms with Gasteiger partial charge < -0.3 is 0 Å². The van der Waals surface area contributed by atoms with Gasteiger partial charge in [0.2, 0.25) is 0 Å². The first-order valence-electron chi connectivity index (χ1n) is 5.15. The molecule has 2 rings (SSSR count). The van der Waals surface area contributed by atoms with Crippen LogP contribution in [0, 0.1) is 0 Å². The van der Waals surface area contributed by atoms with E-state index in [-0.39, 0.29) is 5.41 Å². The smallest absolute Gasteiger partial charge is 0.0579 e. The lowest BCUT2D eigenvalue weighted by molar-refractivity contribution is 0.584. The summed E-state index contributed by atoms with van der Waals surface area (Å²) >= 11 is 3.70. The first kappa shape index (κ1) is 10.2. The summed E-state index contributed by atoms with van der Waals surface area (Å²) in [5, 5.41) is 0. The highest BCUT2D eigenvalue weighted by Crippen LogP contribution is 2.44. The predicted octanol–water partition coefficient (Wildman–Crippen LogP) is 4.02. The van der Waals surface area contributed by atoms with E-state index in [1.54, 1.807) is 0 Å². The molecule has 1 aromatic rings. The molecule has 1 heterocycles. The second kappa shape index (κ2) is 3.34. The van der Waals surface area contributed by atoms with Gasteiger partial charge in [-0.3, -0.25) is 4.98 Å². The summed E-state index contributed by atoms with van der Waals surface area (Å²) < 4.78 is 1.23. The van der Waals surface area contributed by atoms with Crippen molar-refractivity contribution in [1.82, 2.24) is 4.98 Å². The fourth-order valence-electron chi connectivity index (χ4n) is 1.68. The highest BCUT2D eigenvalue weighted by Gasteiger charge is 2.29. The van der Waals surface area contributed by atoms with Crippen LogP contribution in [-0.2, 0) is 5.41 Å². The van der Waals surface area contributed by atoms with E-state index in [9.17, 15) is 0 Å². The fraction of sp³-hybridized carbons (Fsp3) is 0.583. The van der Waals surface area contributed by atoms with Crippen LogP contribution in [0.25, 0.3) is 0 Å². The molecule has 0 atom stereocenters. The molecule has 0 radical (unpaired) electrons. The molecule has 0 spiro atoms. The molecular weight excluding hydrogens is 238 g/mol. The second-order valence-corrected chi connectivity index (χ2v) is 5.88. The molecule has 1 fully saturated rings. The van der Waals surface area contributed by atoms with Crippen molar-refractivity contribution < 1.29 is 0 Å². The average molecular weight is 254 g/mol. The molecule has 0 unspecified atom stereocenters. The highest BCUT2D eigenvalue weighted by molar-refractivity contribution is 9.10. The third-order valence-electron chi connectivity index (χ3n) is 2.69. The molecule has 0 bridgehead atoms. The zero-order valence-corrected chi connectivity index (χ0v) is 10.6. The summed E-state index contributed by atoms with van der Waals surface area (Å²) in [6.07, 6.45) is 4.55. The van der Waals surface area contributed by atoms with Crippen LogP contribution in [0.3, 0.4) is 0 Å². The minimum Gasteiger partial charge on any atom is -0.260 e. The van der Waals surface area contributed by atoms with Gasteiger partial charge in [-0.1, -0.05) is 20.8 Å². The Morgan fingerprint density at radius 1 is 1.36 bits per heavy atom. The first-order valence-corrected chi connectivity index (χ1v) is 5.94. The Morgan fingerprint density at radius 2 is 2.00 bits per heavy atom. The van der Waals surface area contributed by atoms with Gasteiger partial charge in [-0.15, -0.1) is 0 Å². The van der Waals surface area contributed by atoms with Crippen LogP contribution in [0.15, 0.2) is 16.7 Å². The molecule has 0 saturated heterocycles. The van der Waals surface area contributed by atoms with E-state index in [4.69, 9.17) is 0 Å². The maximum atomic E-state index is 4.47. The Hall–Kier alpha value is -0.370. The number of rotatable bonds is 1. The van der Waals surface area contributed by atoms with Crippen molar-refractivity contribution in [1.29, 1.82) is 0 Å². The molecule has 76 valence electrons. The van der Waals surface area contributed by atoms with Crippen molar-refractivity contribution in [3.8, 4) is 0 Å². The molecule has 14 heavy (non-hydrogen) atoms. The van der Waals surface area contributed by atoms with E-state index < -0.39 is 0 Å². The maximum Gasteiger partial charge on any atom is 0.0579 e. The molecule has 2 heteroatoms. The zero-order chi connectivity index (χ0) is 10.3. The number of hydrogen-bond donors (Lipinski definition) is 0. The van der Waals surface area contributed by atoms with Crippen LogP contribution < -0.4 is 0 Å². The molecule has 1 nitrogen and oxygen atoms in total. The number of aromatic nitrogens is 1. The van der Waals surface area contributed by atoms with Gasteiger partial charge in [0.25, 0.3) is 0 Å².